The monoisotopic (exact) mass is 1380 g/mol. The molecule has 0 rings (SSSR count). The van der Waals surface area contributed by atoms with Crippen LogP contribution in [-0.2, 0) is 65.4 Å². The van der Waals surface area contributed by atoms with Gasteiger partial charge in [-0.25, -0.2) is 9.13 Å². The van der Waals surface area contributed by atoms with Crippen molar-refractivity contribution in [1.82, 2.24) is 0 Å². The Bertz CT molecular complexity index is 1930. The molecule has 19 heteroatoms. The topological polar surface area (TPSA) is 237 Å². The average Bonchev–Trinajstić information content (AvgIpc) is 1.52. The highest BCUT2D eigenvalue weighted by atomic mass is 31.2. The average molecular weight is 1380 g/mol. The molecule has 0 aromatic heterocycles. The first-order valence-electron chi connectivity index (χ1n) is 38.2. The van der Waals surface area contributed by atoms with Gasteiger partial charge in [0.15, 0.2) is 12.2 Å². The number of esters is 4. The fourth-order valence-electron chi connectivity index (χ4n) is 10.8. The molecule has 554 valence electrons. The standard InChI is InChI=1S/C75H142O17P2/c1-8-11-12-13-14-15-16-17-18-22-25-28-35-44-51-58-74(79)91-70(62-85-72(77)56-49-42-34-31-30-33-40-47-54-67(6)9-2)64-89-93(81,82)87-60-69(76)61-88-94(83,84)90-65-71(63-86-73(78)57-50-43-38-37-41-48-55-68(7)10-3)92-75(80)59-52-45-36-29-26-23-20-19-21-24-27-32-39-46-53-66(4)5/h15-18,66-71,76H,8-14,19-65H2,1-7H3,(H,81,82)(H,83,84)/b16-15-,18-17-/t67?,68?,69-,70-,71-/m1/s1. The molecule has 0 saturated heterocycles. The zero-order chi connectivity index (χ0) is 69.4. The van der Waals surface area contributed by atoms with E-state index in [1.807, 2.05) is 0 Å². The van der Waals surface area contributed by atoms with Gasteiger partial charge < -0.3 is 33.8 Å². The van der Waals surface area contributed by atoms with Crippen molar-refractivity contribution in [2.45, 2.75) is 375 Å². The number of rotatable bonds is 71. The molecule has 0 aromatic rings. The minimum Gasteiger partial charge on any atom is -0.462 e. The molecule has 0 aliphatic rings. The van der Waals surface area contributed by atoms with E-state index in [9.17, 15) is 43.2 Å². The first kappa shape index (κ1) is 91.5. The van der Waals surface area contributed by atoms with E-state index >= 15 is 0 Å². The van der Waals surface area contributed by atoms with Crippen LogP contribution in [0.4, 0.5) is 0 Å². The number of aliphatic hydroxyl groups excluding tert-OH is 1. The number of carbonyl (C=O) groups excluding carboxylic acids is 4. The van der Waals surface area contributed by atoms with Crippen LogP contribution in [0.1, 0.15) is 357 Å². The summed E-state index contributed by atoms with van der Waals surface area (Å²) in [5.74, 6) is 0.146. The molecule has 0 radical (unpaired) electrons. The van der Waals surface area contributed by atoms with E-state index in [-0.39, 0.29) is 25.7 Å². The summed E-state index contributed by atoms with van der Waals surface area (Å²) in [6.45, 7) is 11.8. The summed E-state index contributed by atoms with van der Waals surface area (Å²) in [4.78, 5) is 72.7. The molecule has 0 aliphatic carbocycles. The third-order valence-corrected chi connectivity index (χ3v) is 19.4. The Morgan fingerprint density at radius 1 is 0.351 bits per heavy atom. The number of allylic oxidation sites excluding steroid dienone is 4. The lowest BCUT2D eigenvalue weighted by Crippen LogP contribution is -2.30. The first-order valence-corrected chi connectivity index (χ1v) is 41.2. The van der Waals surface area contributed by atoms with Crippen molar-refractivity contribution < 1.29 is 80.2 Å². The second-order valence-corrected chi connectivity index (χ2v) is 30.2. The third-order valence-electron chi connectivity index (χ3n) is 17.5. The van der Waals surface area contributed by atoms with E-state index in [4.69, 9.17) is 37.0 Å². The van der Waals surface area contributed by atoms with Crippen LogP contribution >= 0.6 is 15.6 Å². The van der Waals surface area contributed by atoms with Gasteiger partial charge in [0.1, 0.15) is 19.3 Å². The molecular formula is C75H142O17P2. The van der Waals surface area contributed by atoms with E-state index in [0.29, 0.717) is 25.7 Å². The molecule has 4 unspecified atom stereocenters. The van der Waals surface area contributed by atoms with Gasteiger partial charge in [0, 0.05) is 25.7 Å². The van der Waals surface area contributed by atoms with Crippen LogP contribution in [-0.4, -0.2) is 96.7 Å². The normalized spacial score (nSPS) is 14.8. The predicted octanol–water partition coefficient (Wildman–Crippen LogP) is 21.3. The van der Waals surface area contributed by atoms with Gasteiger partial charge in [0.2, 0.25) is 0 Å². The number of hydrogen-bond acceptors (Lipinski definition) is 15. The van der Waals surface area contributed by atoms with Crippen molar-refractivity contribution in [2.24, 2.45) is 17.8 Å². The fourth-order valence-corrected chi connectivity index (χ4v) is 12.4. The number of unbranched alkanes of at least 4 members (excludes halogenated alkanes) is 34. The van der Waals surface area contributed by atoms with E-state index in [1.54, 1.807) is 0 Å². The van der Waals surface area contributed by atoms with Gasteiger partial charge in [-0.3, -0.25) is 37.3 Å². The Morgan fingerprint density at radius 2 is 0.628 bits per heavy atom. The van der Waals surface area contributed by atoms with Crippen molar-refractivity contribution in [2.75, 3.05) is 39.6 Å². The number of carbonyl (C=O) groups is 4. The van der Waals surface area contributed by atoms with Crippen LogP contribution in [0.25, 0.3) is 0 Å². The molecule has 0 aliphatic heterocycles. The molecule has 94 heavy (non-hydrogen) atoms. The first-order chi connectivity index (χ1) is 45.3. The summed E-state index contributed by atoms with van der Waals surface area (Å²) >= 11 is 0. The molecular weight excluding hydrogens is 1230 g/mol. The van der Waals surface area contributed by atoms with Gasteiger partial charge in [-0.05, 0) is 69.1 Å². The number of phosphoric acid groups is 2. The maximum absolute atomic E-state index is 13.1. The number of phosphoric ester groups is 2. The van der Waals surface area contributed by atoms with Crippen LogP contribution in [0.15, 0.2) is 24.3 Å². The number of hydrogen-bond donors (Lipinski definition) is 3. The Balaban J connectivity index is 5.29. The van der Waals surface area contributed by atoms with Crippen molar-refractivity contribution >= 4 is 39.5 Å². The molecule has 3 N–H and O–H groups in total. The molecule has 0 saturated carbocycles. The van der Waals surface area contributed by atoms with Crippen LogP contribution in [0.2, 0.25) is 0 Å². The van der Waals surface area contributed by atoms with Gasteiger partial charge in [0.25, 0.3) is 0 Å². The Kier molecular flexibility index (Phi) is 63.5. The van der Waals surface area contributed by atoms with E-state index in [2.05, 4.69) is 72.8 Å². The van der Waals surface area contributed by atoms with E-state index in [1.165, 1.54) is 148 Å². The molecule has 0 bridgehead atoms. The van der Waals surface area contributed by atoms with Gasteiger partial charge in [-0.1, -0.05) is 304 Å². The zero-order valence-electron chi connectivity index (χ0n) is 60.9. The SMILES string of the molecule is CCCCCC/C=C\C=C/CCCCCCCC(=O)O[C@H](COC(=O)CCCCCCCCCCC(C)CC)COP(=O)(O)OC[C@@H](O)COP(=O)(O)OC[C@@H](COC(=O)CCCCCCCCC(C)CC)OC(=O)CCCCCCCCCCCCCCCCC(C)C. The molecule has 0 heterocycles. The second kappa shape index (κ2) is 65.2. The highest BCUT2D eigenvalue weighted by molar-refractivity contribution is 7.47. The number of ether oxygens (including phenoxy) is 4. The van der Waals surface area contributed by atoms with Crippen LogP contribution in [0.3, 0.4) is 0 Å². The minimum absolute atomic E-state index is 0.0842. The maximum Gasteiger partial charge on any atom is 0.472 e. The molecule has 17 nitrogen and oxygen atoms in total. The summed E-state index contributed by atoms with van der Waals surface area (Å²) < 4.78 is 68.4. The molecule has 0 aromatic carbocycles. The maximum atomic E-state index is 13.1. The largest absolute Gasteiger partial charge is 0.472 e. The van der Waals surface area contributed by atoms with Gasteiger partial charge in [-0.2, -0.15) is 0 Å². The second-order valence-electron chi connectivity index (χ2n) is 27.3. The van der Waals surface area contributed by atoms with Crippen molar-refractivity contribution in [1.29, 1.82) is 0 Å². The summed E-state index contributed by atoms with van der Waals surface area (Å²) in [5, 5.41) is 10.6. The van der Waals surface area contributed by atoms with Gasteiger partial charge in [-0.15, -0.1) is 0 Å². The Morgan fingerprint density at radius 3 is 0.947 bits per heavy atom. The van der Waals surface area contributed by atoms with E-state index < -0.39 is 97.5 Å². The third kappa shape index (κ3) is 65.5. The quantitative estimate of drug-likeness (QED) is 0.0169. The van der Waals surface area contributed by atoms with Gasteiger partial charge in [0.05, 0.1) is 26.4 Å². The van der Waals surface area contributed by atoms with Crippen LogP contribution in [0, 0.1) is 17.8 Å². The van der Waals surface area contributed by atoms with E-state index in [0.717, 1.165) is 127 Å². The lowest BCUT2D eigenvalue weighted by molar-refractivity contribution is -0.161. The lowest BCUT2D eigenvalue weighted by Gasteiger charge is -2.21. The summed E-state index contributed by atoms with van der Waals surface area (Å²) in [6, 6.07) is 0. The lowest BCUT2D eigenvalue weighted by atomic mass is 9.99. The zero-order valence-corrected chi connectivity index (χ0v) is 62.7. The minimum atomic E-state index is -4.96. The number of aliphatic hydroxyl groups is 1. The summed E-state index contributed by atoms with van der Waals surface area (Å²) in [5.41, 5.74) is 0. The van der Waals surface area contributed by atoms with Crippen LogP contribution < -0.4 is 0 Å². The van der Waals surface area contributed by atoms with Crippen molar-refractivity contribution in [3.05, 3.63) is 24.3 Å². The Labute approximate surface area is 573 Å². The van der Waals surface area contributed by atoms with Crippen molar-refractivity contribution in [3.63, 3.8) is 0 Å². The Hall–Kier alpha value is -2.46. The predicted molar refractivity (Wildman–Crippen MR) is 381 cm³/mol. The van der Waals surface area contributed by atoms with Crippen molar-refractivity contribution in [3.8, 4) is 0 Å². The fraction of sp³-hybridized carbons (Fsp3) is 0.893. The smallest absolute Gasteiger partial charge is 0.462 e. The summed E-state index contributed by atoms with van der Waals surface area (Å²) in [7, 11) is -9.92. The van der Waals surface area contributed by atoms with Crippen LogP contribution in [0.5, 0.6) is 0 Å². The molecule has 0 fully saturated rings. The molecule has 0 amide bonds. The van der Waals surface area contributed by atoms with Gasteiger partial charge >= 0.3 is 39.5 Å². The highest BCUT2D eigenvalue weighted by Crippen LogP contribution is 2.45. The molecule has 0 spiro atoms. The summed E-state index contributed by atoms with van der Waals surface area (Å²) in [6.07, 6.45) is 53.5. The molecule has 7 atom stereocenters. The highest BCUT2D eigenvalue weighted by Gasteiger charge is 2.30.